The lowest BCUT2D eigenvalue weighted by molar-refractivity contribution is -0.376. The molecule has 0 aliphatic rings. The zero-order valence-corrected chi connectivity index (χ0v) is 24.0. The molecule has 4 aromatic carbocycles. The van der Waals surface area contributed by atoms with Crippen LogP contribution in [0, 0.1) is 0 Å². The van der Waals surface area contributed by atoms with Crippen molar-refractivity contribution in [2.24, 2.45) is 0 Å². The standard InChI is InChI=1S/C33H25F6N3O4/c1-41(23-10-6-3-7-11-23)29(43)20-46-25-16-17-27-26(19-25)30(44)42(28(40-27)18-21-8-4-2-5-9-21)24-14-12-22(13-15-24)31(45,32(34,35)36)33(37,38)39/h2-17,19,45H,18,20H2,1H3. The third-order valence-electron chi connectivity index (χ3n) is 7.36. The minimum atomic E-state index is -6.07. The first-order valence-corrected chi connectivity index (χ1v) is 13.7. The van der Waals surface area contributed by atoms with E-state index in [-0.39, 0.29) is 47.1 Å². The first kappa shape index (κ1) is 32.2. The van der Waals surface area contributed by atoms with Crippen molar-refractivity contribution < 1.29 is 41.0 Å². The number of alkyl halides is 6. The number of hydrogen-bond acceptors (Lipinski definition) is 5. The molecular weight excluding hydrogens is 616 g/mol. The summed E-state index contributed by atoms with van der Waals surface area (Å²) >= 11 is 0. The molecule has 0 atom stereocenters. The van der Waals surface area contributed by atoms with Gasteiger partial charge < -0.3 is 14.7 Å². The number of benzene rings is 4. The number of carbonyl (C=O) groups is 1. The number of ether oxygens (including phenoxy) is 1. The van der Waals surface area contributed by atoms with Crippen molar-refractivity contribution >= 4 is 22.5 Å². The summed E-state index contributed by atoms with van der Waals surface area (Å²) < 4.78 is 87.5. The van der Waals surface area contributed by atoms with Gasteiger partial charge in [-0.05, 0) is 48.0 Å². The number of likely N-dealkylation sites (N-methyl/N-ethyl adjacent to an activating group) is 1. The van der Waals surface area contributed by atoms with Crippen molar-refractivity contribution in [2.45, 2.75) is 24.4 Å². The summed E-state index contributed by atoms with van der Waals surface area (Å²) in [6.45, 7) is -0.368. The molecule has 13 heteroatoms. The largest absolute Gasteiger partial charge is 0.484 e. The minimum absolute atomic E-state index is 0.0179. The van der Waals surface area contributed by atoms with E-state index in [1.807, 2.05) is 0 Å². The number of anilines is 1. The van der Waals surface area contributed by atoms with E-state index in [0.717, 1.165) is 22.3 Å². The van der Waals surface area contributed by atoms with Gasteiger partial charge in [0.05, 0.1) is 16.6 Å². The lowest BCUT2D eigenvalue weighted by atomic mass is 9.92. The summed E-state index contributed by atoms with van der Waals surface area (Å²) in [5.41, 5.74) is -5.77. The SMILES string of the molecule is CN(C(=O)COc1ccc2nc(Cc3ccccc3)n(-c3ccc(C(O)(C(F)(F)F)C(F)(F)F)cc3)c(=O)c2c1)c1ccccc1. The van der Waals surface area contributed by atoms with E-state index in [1.165, 1.54) is 23.1 Å². The fourth-order valence-electron chi connectivity index (χ4n) is 4.84. The summed E-state index contributed by atoms with van der Waals surface area (Å²) in [4.78, 5) is 32.6. The van der Waals surface area contributed by atoms with Gasteiger partial charge in [0.1, 0.15) is 11.6 Å². The van der Waals surface area contributed by atoms with E-state index in [9.17, 15) is 41.0 Å². The second-order valence-electron chi connectivity index (χ2n) is 10.3. The molecule has 0 aliphatic heterocycles. The number of fused-ring (bicyclic) bond motifs is 1. The number of carbonyl (C=O) groups excluding carboxylic acids is 1. The molecule has 0 aliphatic carbocycles. The Labute approximate surface area is 257 Å². The number of rotatable bonds is 8. The first-order chi connectivity index (χ1) is 21.7. The van der Waals surface area contributed by atoms with Gasteiger partial charge in [0.2, 0.25) is 0 Å². The average molecular weight is 642 g/mol. The van der Waals surface area contributed by atoms with E-state index in [2.05, 4.69) is 4.98 Å². The summed E-state index contributed by atoms with van der Waals surface area (Å²) in [6.07, 6.45) is -12.1. The van der Waals surface area contributed by atoms with Crippen molar-refractivity contribution in [3.05, 3.63) is 130 Å². The maximum atomic E-state index is 13.9. The van der Waals surface area contributed by atoms with Gasteiger partial charge in [-0.1, -0.05) is 60.7 Å². The zero-order chi connectivity index (χ0) is 33.3. The molecule has 0 spiro atoms. The molecule has 1 N–H and O–H groups in total. The molecule has 46 heavy (non-hydrogen) atoms. The number of aliphatic hydroxyl groups is 1. The van der Waals surface area contributed by atoms with E-state index < -0.39 is 29.1 Å². The molecule has 1 heterocycles. The zero-order valence-electron chi connectivity index (χ0n) is 24.0. The molecular formula is C33H25F6N3O4. The highest BCUT2D eigenvalue weighted by molar-refractivity contribution is 5.94. The predicted octanol–water partition coefficient (Wildman–Crippen LogP) is 6.33. The van der Waals surface area contributed by atoms with Gasteiger partial charge in [0, 0.05) is 24.7 Å². The number of aromatic nitrogens is 2. The molecule has 5 rings (SSSR count). The number of nitrogens with zero attached hydrogens (tertiary/aromatic N) is 3. The second-order valence-corrected chi connectivity index (χ2v) is 10.3. The van der Waals surface area contributed by atoms with E-state index in [4.69, 9.17) is 4.74 Å². The Morgan fingerprint density at radius 3 is 2.02 bits per heavy atom. The van der Waals surface area contributed by atoms with Crippen molar-refractivity contribution in [1.82, 2.24) is 9.55 Å². The van der Waals surface area contributed by atoms with Gasteiger partial charge in [0.15, 0.2) is 6.61 Å². The molecule has 0 saturated heterocycles. The summed E-state index contributed by atoms with van der Waals surface area (Å²) in [5.74, 6) is -0.0798. The van der Waals surface area contributed by atoms with Gasteiger partial charge in [-0.15, -0.1) is 0 Å². The number of halogens is 6. The van der Waals surface area contributed by atoms with Crippen LogP contribution in [0.4, 0.5) is 32.0 Å². The van der Waals surface area contributed by atoms with E-state index in [0.29, 0.717) is 17.8 Å². The van der Waals surface area contributed by atoms with E-state index >= 15 is 0 Å². The van der Waals surface area contributed by atoms with Gasteiger partial charge in [0.25, 0.3) is 17.1 Å². The average Bonchev–Trinajstić information content (AvgIpc) is 3.03. The molecule has 0 radical (unpaired) electrons. The topological polar surface area (TPSA) is 84.7 Å². The van der Waals surface area contributed by atoms with Crippen molar-refractivity contribution in [3.8, 4) is 11.4 Å². The van der Waals surface area contributed by atoms with Crippen molar-refractivity contribution in [2.75, 3.05) is 18.6 Å². The number of amides is 1. The van der Waals surface area contributed by atoms with Crippen LogP contribution in [0.2, 0.25) is 0 Å². The normalized spacial score (nSPS) is 12.3. The molecule has 1 aromatic heterocycles. The fourth-order valence-corrected chi connectivity index (χ4v) is 4.84. The quantitative estimate of drug-likeness (QED) is 0.200. The van der Waals surface area contributed by atoms with Crippen LogP contribution in [0.1, 0.15) is 17.0 Å². The molecule has 0 saturated carbocycles. The van der Waals surface area contributed by atoms with E-state index in [1.54, 1.807) is 67.7 Å². The van der Waals surface area contributed by atoms with Gasteiger partial charge in [-0.2, -0.15) is 26.3 Å². The molecule has 238 valence electrons. The lowest BCUT2D eigenvalue weighted by Crippen LogP contribution is -2.53. The summed E-state index contributed by atoms with van der Waals surface area (Å²) in [7, 11) is 1.58. The molecule has 0 fully saturated rings. The Balaban J connectivity index is 1.55. The highest BCUT2D eigenvalue weighted by atomic mass is 19.4. The highest BCUT2D eigenvalue weighted by Gasteiger charge is 2.71. The van der Waals surface area contributed by atoms with Crippen LogP contribution in [-0.2, 0) is 16.8 Å². The second kappa shape index (κ2) is 12.3. The summed E-state index contributed by atoms with van der Waals surface area (Å²) in [5, 5.41) is 9.83. The monoisotopic (exact) mass is 641 g/mol. The predicted molar refractivity (Wildman–Crippen MR) is 158 cm³/mol. The molecule has 0 unspecified atom stereocenters. The molecule has 0 bridgehead atoms. The third kappa shape index (κ3) is 6.18. The number of para-hydroxylation sites is 1. The first-order valence-electron chi connectivity index (χ1n) is 13.7. The fraction of sp³-hybridized carbons (Fsp3) is 0.182. The van der Waals surface area contributed by atoms with Gasteiger partial charge in [-0.25, -0.2) is 4.98 Å². The van der Waals surface area contributed by atoms with Crippen LogP contribution in [0.25, 0.3) is 16.6 Å². The Kier molecular flexibility index (Phi) is 8.63. The van der Waals surface area contributed by atoms with Crippen LogP contribution >= 0.6 is 0 Å². The lowest BCUT2D eigenvalue weighted by Gasteiger charge is -2.32. The van der Waals surface area contributed by atoms with Crippen LogP contribution < -0.4 is 15.2 Å². The Morgan fingerprint density at radius 2 is 1.43 bits per heavy atom. The molecule has 7 nitrogen and oxygen atoms in total. The Hall–Kier alpha value is -5.17. The van der Waals surface area contributed by atoms with Gasteiger partial charge in [-0.3, -0.25) is 14.2 Å². The van der Waals surface area contributed by atoms with Crippen LogP contribution in [-0.4, -0.2) is 46.6 Å². The smallest absolute Gasteiger partial charge is 0.430 e. The third-order valence-corrected chi connectivity index (χ3v) is 7.36. The maximum absolute atomic E-state index is 13.9. The Morgan fingerprint density at radius 1 is 0.848 bits per heavy atom. The van der Waals surface area contributed by atoms with Crippen molar-refractivity contribution in [3.63, 3.8) is 0 Å². The Bertz CT molecular complexity index is 1900. The maximum Gasteiger partial charge on any atom is 0.430 e. The van der Waals surface area contributed by atoms with Gasteiger partial charge >= 0.3 is 12.4 Å². The number of hydrogen-bond donors (Lipinski definition) is 1. The van der Waals surface area contributed by atoms with Crippen molar-refractivity contribution in [1.29, 1.82) is 0 Å². The highest BCUT2D eigenvalue weighted by Crippen LogP contribution is 2.50. The van der Waals surface area contributed by atoms with Crippen LogP contribution in [0.15, 0.2) is 108 Å². The van der Waals surface area contributed by atoms with Crippen LogP contribution in [0.3, 0.4) is 0 Å². The molecule has 1 amide bonds. The van der Waals surface area contributed by atoms with Crippen LogP contribution in [0.5, 0.6) is 5.75 Å². The molecule has 5 aromatic rings. The minimum Gasteiger partial charge on any atom is -0.484 e. The summed E-state index contributed by atoms with van der Waals surface area (Å²) in [6, 6.07) is 24.7.